The molecule has 0 unspecified atom stereocenters. The zero-order valence-electron chi connectivity index (χ0n) is 37.5. The van der Waals surface area contributed by atoms with Crippen molar-refractivity contribution in [1.29, 1.82) is 0 Å². The Kier molecular flexibility index (Phi) is 17.2. The molecule has 0 bridgehead atoms. The molecule has 6 aromatic rings. The molecule has 10 rings (SSSR count). The van der Waals surface area contributed by atoms with E-state index in [9.17, 15) is 17.2 Å². The second kappa shape index (κ2) is 23.6. The fourth-order valence-corrected chi connectivity index (χ4v) is 12.1. The van der Waals surface area contributed by atoms with Gasteiger partial charge in [-0.15, -0.1) is 23.2 Å². The normalized spacial score (nSPS) is 18.3. The predicted molar refractivity (Wildman–Crippen MR) is 267 cm³/mol. The fraction of sp³-hybridized carbons (Fsp3) is 0.469. The minimum atomic E-state index is -2.93. The number of thioether (sulfide) groups is 1. The molecule has 4 aliphatic rings. The van der Waals surface area contributed by atoms with Gasteiger partial charge in [-0.25, -0.2) is 47.1 Å². The van der Waals surface area contributed by atoms with Crippen LogP contribution < -0.4 is 10.6 Å². The molecule has 6 heterocycles. The smallest absolute Gasteiger partial charge is 0.223 e. The van der Waals surface area contributed by atoms with E-state index in [1.165, 1.54) is 74.3 Å². The Morgan fingerprint density at radius 3 is 1.39 bits per heavy atom. The van der Waals surface area contributed by atoms with E-state index in [1.807, 2.05) is 42.7 Å². The standard InChI is InChI=1S/C24H28FN5O2S.C24H28FN5S.CH2Cl2/c25-18-8-6-17(7-9-18)22-23(30(16-27-22)20-4-2-1-3-5-20)21-10-13-26-24(29-21)28-19-11-14-33(31,32)15-12-19;25-18-8-6-17(7-9-18)22-23(30(16-27-22)20-4-2-1-3-5-20)21-10-13-26-24(29-21)28-19-11-14-31-15-12-19;2-1-3/h6-10,13,16,19-20H,1-5,11-12,14-15H2,(H,26,28,29);6-10,13,16,19-20H,1-5,11-12,14-15H2,(H,26,28,29);1H2. The molecule has 2 aliphatic heterocycles. The van der Waals surface area contributed by atoms with Gasteiger partial charge in [-0.05, 0) is 124 Å². The molecule has 2 saturated heterocycles. The summed E-state index contributed by atoms with van der Waals surface area (Å²) in [6.07, 6.45) is 22.7. The highest BCUT2D eigenvalue weighted by atomic mass is 35.5. The summed E-state index contributed by atoms with van der Waals surface area (Å²) >= 11 is 11.5. The van der Waals surface area contributed by atoms with Crippen LogP contribution >= 0.6 is 35.0 Å². The van der Waals surface area contributed by atoms with Crippen LogP contribution in [0.3, 0.4) is 0 Å². The van der Waals surface area contributed by atoms with Gasteiger partial charge in [-0.1, -0.05) is 38.5 Å². The highest BCUT2D eigenvalue weighted by Gasteiger charge is 2.27. The van der Waals surface area contributed by atoms with Gasteiger partial charge in [0.05, 0.1) is 63.7 Å². The lowest BCUT2D eigenvalue weighted by Crippen LogP contribution is -2.32. The van der Waals surface area contributed by atoms with Gasteiger partial charge in [-0.2, -0.15) is 11.8 Å². The average molecular weight is 992 g/mol. The number of hydrogen-bond acceptors (Lipinski definition) is 11. The minimum Gasteiger partial charge on any atom is -0.351 e. The van der Waals surface area contributed by atoms with Crippen molar-refractivity contribution >= 4 is 56.7 Å². The summed E-state index contributed by atoms with van der Waals surface area (Å²) in [6, 6.07) is 18.0. The van der Waals surface area contributed by atoms with Crippen LogP contribution in [0.4, 0.5) is 20.7 Å². The van der Waals surface area contributed by atoms with E-state index in [0.717, 1.165) is 83.8 Å². The van der Waals surface area contributed by atoms with Crippen molar-refractivity contribution in [2.75, 3.05) is 39.0 Å². The summed E-state index contributed by atoms with van der Waals surface area (Å²) in [5.41, 5.74) is 6.89. The van der Waals surface area contributed by atoms with Crippen molar-refractivity contribution in [2.45, 2.75) is 114 Å². The van der Waals surface area contributed by atoms with E-state index < -0.39 is 9.84 Å². The fourth-order valence-electron chi connectivity index (χ4n) is 9.50. The van der Waals surface area contributed by atoms with Crippen molar-refractivity contribution in [3.05, 3.63) is 97.3 Å². The van der Waals surface area contributed by atoms with Crippen LogP contribution in [0.2, 0.25) is 0 Å². The summed E-state index contributed by atoms with van der Waals surface area (Å²) in [4.78, 5) is 28.1. The summed E-state index contributed by atoms with van der Waals surface area (Å²) in [5.74, 6) is 3.38. The Morgan fingerprint density at radius 2 is 0.970 bits per heavy atom. The number of nitrogens with zero attached hydrogens (tertiary/aromatic N) is 8. The quantitative estimate of drug-likeness (QED) is 0.127. The molecule has 2 aromatic carbocycles. The molecule has 356 valence electrons. The molecule has 0 atom stereocenters. The number of anilines is 2. The van der Waals surface area contributed by atoms with Crippen molar-refractivity contribution in [1.82, 2.24) is 39.0 Å². The third-order valence-corrected chi connectivity index (χ3v) is 15.8. The number of imidazole rings is 2. The minimum absolute atomic E-state index is 0.0311. The Balaban J connectivity index is 0.000000172. The Morgan fingerprint density at radius 1 is 0.567 bits per heavy atom. The Bertz CT molecular complexity index is 2600. The highest BCUT2D eigenvalue weighted by Crippen LogP contribution is 2.39. The van der Waals surface area contributed by atoms with Gasteiger partial charge < -0.3 is 19.8 Å². The first-order chi connectivity index (χ1) is 32.7. The second-order valence-corrected chi connectivity index (χ2v) is 21.9. The summed E-state index contributed by atoms with van der Waals surface area (Å²) in [7, 11) is -2.93. The maximum atomic E-state index is 13.6. The van der Waals surface area contributed by atoms with Gasteiger partial charge in [0.1, 0.15) is 21.5 Å². The zero-order valence-corrected chi connectivity index (χ0v) is 40.7. The number of nitrogens with one attached hydrogen (secondary N) is 2. The molecule has 0 amide bonds. The molecule has 4 aromatic heterocycles. The van der Waals surface area contributed by atoms with Crippen LogP contribution in [-0.2, 0) is 9.84 Å². The average Bonchev–Trinajstić information content (AvgIpc) is 4.01. The number of aromatic nitrogens is 8. The van der Waals surface area contributed by atoms with Crippen molar-refractivity contribution < 1.29 is 17.2 Å². The topological polar surface area (TPSA) is 145 Å². The second-order valence-electron chi connectivity index (χ2n) is 17.5. The van der Waals surface area contributed by atoms with Gasteiger partial charge in [0.2, 0.25) is 11.9 Å². The van der Waals surface area contributed by atoms with Crippen LogP contribution in [0.5, 0.6) is 0 Å². The van der Waals surface area contributed by atoms with E-state index in [-0.39, 0.29) is 34.5 Å². The molecular formula is C49H58Cl2F2N10O2S2. The van der Waals surface area contributed by atoms with Gasteiger partial charge in [-0.3, -0.25) is 0 Å². The largest absolute Gasteiger partial charge is 0.351 e. The van der Waals surface area contributed by atoms with Crippen LogP contribution in [0, 0.1) is 11.6 Å². The molecular weight excluding hydrogens is 934 g/mol. The molecule has 12 nitrogen and oxygen atoms in total. The lowest BCUT2D eigenvalue weighted by atomic mass is 9.95. The molecule has 2 saturated carbocycles. The lowest BCUT2D eigenvalue weighted by molar-refractivity contribution is 0.355. The predicted octanol–water partition coefficient (Wildman–Crippen LogP) is 12.0. The number of benzene rings is 2. The first-order valence-electron chi connectivity index (χ1n) is 23.4. The summed E-state index contributed by atoms with van der Waals surface area (Å²) in [6.45, 7) is 0. The molecule has 0 spiro atoms. The monoisotopic (exact) mass is 990 g/mol. The van der Waals surface area contributed by atoms with Crippen LogP contribution in [-0.4, -0.2) is 87.9 Å². The van der Waals surface area contributed by atoms with Crippen molar-refractivity contribution in [3.8, 4) is 45.3 Å². The van der Waals surface area contributed by atoms with E-state index in [4.69, 9.17) is 43.1 Å². The number of hydrogen-bond donors (Lipinski definition) is 2. The van der Waals surface area contributed by atoms with Crippen LogP contribution in [0.1, 0.15) is 102 Å². The van der Waals surface area contributed by atoms with Gasteiger partial charge in [0.25, 0.3) is 0 Å². The summed E-state index contributed by atoms with van der Waals surface area (Å²) in [5, 5.41) is 7.05. The third kappa shape index (κ3) is 12.9. The maximum absolute atomic E-state index is 13.6. The van der Waals surface area contributed by atoms with Gasteiger partial charge in [0.15, 0.2) is 0 Å². The first kappa shape index (κ1) is 48.8. The van der Waals surface area contributed by atoms with E-state index in [0.29, 0.717) is 42.9 Å². The van der Waals surface area contributed by atoms with E-state index in [2.05, 4.69) is 29.7 Å². The van der Waals surface area contributed by atoms with Crippen LogP contribution in [0.25, 0.3) is 45.3 Å². The Hall–Kier alpha value is -4.64. The molecule has 2 N–H and O–H groups in total. The highest BCUT2D eigenvalue weighted by molar-refractivity contribution is 7.99. The van der Waals surface area contributed by atoms with Crippen molar-refractivity contribution in [3.63, 3.8) is 0 Å². The number of rotatable bonds is 10. The van der Waals surface area contributed by atoms with Crippen molar-refractivity contribution in [2.24, 2.45) is 0 Å². The maximum Gasteiger partial charge on any atom is 0.223 e. The zero-order chi connectivity index (χ0) is 46.6. The molecule has 18 heteroatoms. The number of sulfone groups is 1. The molecule has 0 radical (unpaired) electrons. The number of alkyl halides is 2. The van der Waals surface area contributed by atoms with E-state index in [1.54, 1.807) is 30.5 Å². The number of halogens is 4. The summed E-state index contributed by atoms with van der Waals surface area (Å²) < 4.78 is 55.1. The Labute approximate surface area is 406 Å². The van der Waals surface area contributed by atoms with Gasteiger partial charge >= 0.3 is 0 Å². The SMILES string of the molecule is ClCCl.Fc1ccc(-c2ncn(C3CCCCC3)c2-c2ccnc(NC3CCSCC3)n2)cc1.O=S1(=O)CCC(Nc2nccc(-c3c(-c4ccc(F)cc4)ncn3C3CCCCC3)n2)CC1. The third-order valence-electron chi connectivity index (χ3n) is 13.0. The van der Waals surface area contributed by atoms with E-state index >= 15 is 0 Å². The molecule has 2 aliphatic carbocycles. The molecule has 4 fully saturated rings. The van der Waals surface area contributed by atoms with Crippen LogP contribution in [0.15, 0.2) is 85.7 Å². The first-order valence-corrected chi connectivity index (χ1v) is 27.5. The van der Waals surface area contributed by atoms with Gasteiger partial charge in [0, 0.05) is 47.7 Å². The molecule has 67 heavy (non-hydrogen) atoms. The lowest BCUT2D eigenvalue weighted by Gasteiger charge is -2.25.